The third-order valence-electron chi connectivity index (χ3n) is 2.94. The van der Waals surface area contributed by atoms with Crippen molar-refractivity contribution in [3.8, 4) is 0 Å². The molecule has 1 fully saturated rings. The van der Waals surface area contributed by atoms with E-state index >= 15 is 0 Å². The molecule has 0 aromatic rings. The van der Waals surface area contributed by atoms with Gasteiger partial charge in [0.15, 0.2) is 6.10 Å². The molecule has 82 valence electrons. The molecule has 1 aliphatic carbocycles. The summed E-state index contributed by atoms with van der Waals surface area (Å²) < 4.78 is 9.71. The van der Waals surface area contributed by atoms with Gasteiger partial charge in [-0.05, 0) is 31.6 Å². The number of ether oxygens (including phenoxy) is 2. The highest BCUT2D eigenvalue weighted by molar-refractivity contribution is 5.74. The highest BCUT2D eigenvalue weighted by Crippen LogP contribution is 2.28. The Morgan fingerprint density at radius 1 is 1.29 bits per heavy atom. The third kappa shape index (κ3) is 2.69. The van der Waals surface area contributed by atoms with Crippen LogP contribution in [0.4, 0.5) is 0 Å². The molecule has 0 aliphatic heterocycles. The Labute approximate surface area is 84.2 Å². The van der Waals surface area contributed by atoms with Gasteiger partial charge in [0.2, 0.25) is 0 Å². The number of esters is 1. The molecule has 1 atom stereocenters. The minimum absolute atomic E-state index is 0.0360. The molecule has 0 heterocycles. The maximum atomic E-state index is 11.1. The Kier molecular flexibility index (Phi) is 4.35. The van der Waals surface area contributed by atoms with Crippen molar-refractivity contribution >= 4 is 5.97 Å². The van der Waals surface area contributed by atoms with Crippen molar-refractivity contribution in [2.45, 2.75) is 37.9 Å². The van der Waals surface area contributed by atoms with Gasteiger partial charge in [-0.2, -0.15) is 0 Å². The molecule has 0 bridgehead atoms. The van der Waals surface area contributed by atoms with Crippen LogP contribution in [0.25, 0.3) is 0 Å². The monoisotopic (exact) mass is 202 g/mol. The lowest BCUT2D eigenvalue weighted by molar-refractivity contribution is -0.154. The largest absolute Gasteiger partial charge is 0.467 e. The van der Waals surface area contributed by atoms with E-state index in [4.69, 9.17) is 4.74 Å². The number of aliphatic hydroxyl groups is 1. The Bertz CT molecular complexity index is 185. The third-order valence-corrected chi connectivity index (χ3v) is 2.94. The summed E-state index contributed by atoms with van der Waals surface area (Å²) in [7, 11) is 2.99. The van der Waals surface area contributed by atoms with Gasteiger partial charge in [0.1, 0.15) is 0 Å². The molecule has 0 saturated heterocycles. The first-order chi connectivity index (χ1) is 6.69. The molecule has 0 aromatic carbocycles. The van der Waals surface area contributed by atoms with Gasteiger partial charge in [-0.25, -0.2) is 4.79 Å². The fourth-order valence-corrected chi connectivity index (χ4v) is 1.95. The Hall–Kier alpha value is -0.610. The summed E-state index contributed by atoms with van der Waals surface area (Å²) in [6.45, 7) is 0. The lowest BCUT2D eigenvalue weighted by atomic mass is 9.84. The molecule has 0 amide bonds. The molecule has 0 radical (unpaired) electrons. The Morgan fingerprint density at radius 2 is 1.86 bits per heavy atom. The van der Waals surface area contributed by atoms with Crippen molar-refractivity contribution in [3.05, 3.63) is 0 Å². The van der Waals surface area contributed by atoms with Crippen molar-refractivity contribution in [2.24, 2.45) is 5.92 Å². The highest BCUT2D eigenvalue weighted by atomic mass is 16.5. The average molecular weight is 202 g/mol. The van der Waals surface area contributed by atoms with Gasteiger partial charge in [-0.3, -0.25) is 0 Å². The van der Waals surface area contributed by atoms with E-state index in [1.165, 1.54) is 7.11 Å². The summed E-state index contributed by atoms with van der Waals surface area (Å²) in [5, 5.41) is 9.59. The van der Waals surface area contributed by atoms with Crippen molar-refractivity contribution in [2.75, 3.05) is 14.2 Å². The van der Waals surface area contributed by atoms with Crippen LogP contribution in [-0.2, 0) is 14.3 Å². The Balaban J connectivity index is 2.37. The maximum Gasteiger partial charge on any atom is 0.334 e. The number of aliphatic hydroxyl groups excluding tert-OH is 1. The van der Waals surface area contributed by atoms with Gasteiger partial charge >= 0.3 is 5.97 Å². The predicted molar refractivity (Wildman–Crippen MR) is 50.8 cm³/mol. The molecule has 1 aliphatic rings. The second-order valence-electron chi connectivity index (χ2n) is 3.74. The van der Waals surface area contributed by atoms with E-state index in [2.05, 4.69) is 4.74 Å². The standard InChI is InChI=1S/C10H18O4/c1-13-8-5-3-7(4-6-8)9(11)10(12)14-2/h7-9,11H,3-6H2,1-2H3. The van der Waals surface area contributed by atoms with E-state index in [9.17, 15) is 9.90 Å². The molecule has 1 saturated carbocycles. The van der Waals surface area contributed by atoms with Gasteiger partial charge in [-0.15, -0.1) is 0 Å². The minimum Gasteiger partial charge on any atom is -0.467 e. The first kappa shape index (κ1) is 11.5. The summed E-state index contributed by atoms with van der Waals surface area (Å²) in [4.78, 5) is 11.1. The molecule has 1 rings (SSSR count). The predicted octanol–water partition coefficient (Wildman–Crippen LogP) is 0.725. The van der Waals surface area contributed by atoms with Crippen LogP contribution in [0.2, 0.25) is 0 Å². The van der Waals surface area contributed by atoms with Crippen LogP contribution >= 0.6 is 0 Å². The molecule has 1 unspecified atom stereocenters. The second kappa shape index (κ2) is 5.32. The zero-order valence-electron chi connectivity index (χ0n) is 8.73. The first-order valence-electron chi connectivity index (χ1n) is 4.97. The SMILES string of the molecule is COC(=O)C(O)C1CCC(OC)CC1. The summed E-state index contributed by atoms with van der Waals surface area (Å²) in [5.41, 5.74) is 0. The van der Waals surface area contributed by atoms with Gasteiger partial charge in [0.05, 0.1) is 13.2 Å². The zero-order chi connectivity index (χ0) is 10.6. The van der Waals surface area contributed by atoms with E-state index in [1.807, 2.05) is 0 Å². The van der Waals surface area contributed by atoms with E-state index in [-0.39, 0.29) is 12.0 Å². The summed E-state index contributed by atoms with van der Waals surface area (Å²) in [5.74, 6) is -0.486. The fraction of sp³-hybridized carbons (Fsp3) is 0.900. The lowest BCUT2D eigenvalue weighted by Crippen LogP contribution is -2.34. The number of rotatable bonds is 3. The van der Waals surface area contributed by atoms with Crippen molar-refractivity contribution in [3.63, 3.8) is 0 Å². The number of carbonyl (C=O) groups is 1. The van der Waals surface area contributed by atoms with Crippen LogP contribution < -0.4 is 0 Å². The molecule has 14 heavy (non-hydrogen) atoms. The quantitative estimate of drug-likeness (QED) is 0.685. The van der Waals surface area contributed by atoms with Crippen LogP contribution in [0, 0.1) is 5.92 Å². The zero-order valence-corrected chi connectivity index (χ0v) is 8.73. The van der Waals surface area contributed by atoms with Crippen molar-refractivity contribution in [1.29, 1.82) is 0 Å². The van der Waals surface area contributed by atoms with Crippen molar-refractivity contribution < 1.29 is 19.4 Å². The van der Waals surface area contributed by atoms with Crippen LogP contribution in [0.1, 0.15) is 25.7 Å². The number of carbonyl (C=O) groups excluding carboxylic acids is 1. The van der Waals surface area contributed by atoms with Gasteiger partial charge in [0.25, 0.3) is 0 Å². The van der Waals surface area contributed by atoms with Crippen LogP contribution in [-0.4, -0.2) is 37.5 Å². The molecule has 4 nitrogen and oxygen atoms in total. The molecule has 0 spiro atoms. The first-order valence-corrected chi connectivity index (χ1v) is 4.97. The normalized spacial score (nSPS) is 29.6. The second-order valence-corrected chi connectivity index (χ2v) is 3.74. The van der Waals surface area contributed by atoms with Crippen LogP contribution in [0.5, 0.6) is 0 Å². The summed E-state index contributed by atoms with van der Waals surface area (Å²) in [6, 6.07) is 0. The van der Waals surface area contributed by atoms with Gasteiger partial charge < -0.3 is 14.6 Å². The summed E-state index contributed by atoms with van der Waals surface area (Å²) >= 11 is 0. The van der Waals surface area contributed by atoms with Crippen LogP contribution in [0.15, 0.2) is 0 Å². The topological polar surface area (TPSA) is 55.8 Å². The molecular formula is C10H18O4. The summed E-state index contributed by atoms with van der Waals surface area (Å²) in [6.07, 6.45) is 2.81. The van der Waals surface area contributed by atoms with E-state index < -0.39 is 12.1 Å². The van der Waals surface area contributed by atoms with Gasteiger partial charge in [0, 0.05) is 7.11 Å². The molecule has 4 heteroatoms. The molecular weight excluding hydrogens is 184 g/mol. The average Bonchev–Trinajstić information content (AvgIpc) is 2.27. The van der Waals surface area contributed by atoms with E-state index in [0.717, 1.165) is 25.7 Å². The van der Waals surface area contributed by atoms with E-state index in [0.29, 0.717) is 0 Å². The molecule has 1 N–H and O–H groups in total. The lowest BCUT2D eigenvalue weighted by Gasteiger charge is -2.29. The number of hydrogen-bond donors (Lipinski definition) is 1. The number of hydrogen-bond acceptors (Lipinski definition) is 4. The Morgan fingerprint density at radius 3 is 2.29 bits per heavy atom. The minimum atomic E-state index is -0.960. The van der Waals surface area contributed by atoms with Crippen LogP contribution in [0.3, 0.4) is 0 Å². The number of methoxy groups -OCH3 is 2. The smallest absolute Gasteiger partial charge is 0.334 e. The van der Waals surface area contributed by atoms with Crippen molar-refractivity contribution in [1.82, 2.24) is 0 Å². The fourth-order valence-electron chi connectivity index (χ4n) is 1.95. The highest BCUT2D eigenvalue weighted by Gasteiger charge is 2.30. The van der Waals surface area contributed by atoms with Gasteiger partial charge in [-0.1, -0.05) is 0 Å². The van der Waals surface area contributed by atoms with E-state index in [1.54, 1.807) is 7.11 Å². The maximum absolute atomic E-state index is 11.1. The molecule has 0 aromatic heterocycles.